The first kappa shape index (κ1) is 85.1. The van der Waals surface area contributed by atoms with Gasteiger partial charge in [-0.3, -0.25) is 29.5 Å². The van der Waals surface area contributed by atoms with E-state index in [1.807, 2.05) is 59.1 Å². The molecule has 1 saturated carbocycles. The van der Waals surface area contributed by atoms with E-state index in [0.29, 0.717) is 140 Å². The number of cyclic esters (lactones) is 5. The van der Waals surface area contributed by atoms with Crippen molar-refractivity contribution in [3.05, 3.63) is 217 Å². The zero-order valence-corrected chi connectivity index (χ0v) is 68.8. The lowest BCUT2D eigenvalue weighted by molar-refractivity contribution is 0.138. The Labute approximate surface area is 704 Å². The molecule has 1 aliphatic carbocycles. The lowest BCUT2D eigenvalue weighted by Crippen LogP contribution is -2.27. The third kappa shape index (κ3) is 20.1. The molecule has 5 unspecified atom stereocenters. The number of thioether (sulfide) groups is 1. The Morgan fingerprint density at radius 1 is 0.413 bits per heavy atom. The summed E-state index contributed by atoms with van der Waals surface area (Å²) >= 11 is 7.25. The molecule has 18 rings (SSSR count). The minimum atomic E-state index is -0.439. The summed E-state index contributed by atoms with van der Waals surface area (Å²) in [6.07, 6.45) is 19.2. The number of halogens is 6. The number of aromatic nitrogens is 8. The summed E-state index contributed by atoms with van der Waals surface area (Å²) in [6, 6.07) is 34.6. The maximum absolute atomic E-state index is 14.7. The van der Waals surface area contributed by atoms with E-state index < -0.39 is 47.9 Å². The number of carbonyl (C=O) groups excluding carboxylic acids is 5. The fourth-order valence-corrected chi connectivity index (χ4v) is 14.8. The average molecular weight is 1690 g/mol. The zero-order chi connectivity index (χ0) is 85.0. The lowest BCUT2D eigenvalue weighted by Gasteiger charge is -2.19. The number of anilines is 6. The van der Waals surface area contributed by atoms with Gasteiger partial charge in [0.05, 0.1) is 67.8 Å². The first-order valence-corrected chi connectivity index (χ1v) is 41.7. The number of amides is 5. The molecule has 0 radical (unpaired) electrons. The number of ether oxygens (including phenoxy) is 6. The van der Waals surface area contributed by atoms with E-state index in [2.05, 4.69) is 44.8 Å². The average Bonchev–Trinajstić information content (AvgIpc) is 1.76. The molecule has 5 aromatic carbocycles. The van der Waals surface area contributed by atoms with Gasteiger partial charge in [-0.1, -0.05) is 64.0 Å². The normalized spacial score (nSPS) is 18.7. The fraction of sp³-hybridized carbons (Fsp3) is 0.326. The summed E-state index contributed by atoms with van der Waals surface area (Å²) < 4.78 is 104. The number of fused-ring (bicyclic) bond motifs is 1. The first-order chi connectivity index (χ1) is 58.7. The number of nitrogens with one attached hydrogen (secondary N) is 1. The quantitative estimate of drug-likeness (QED) is 0.0275. The van der Waals surface area contributed by atoms with E-state index in [-0.39, 0.29) is 42.2 Å². The van der Waals surface area contributed by atoms with Gasteiger partial charge in [-0.2, -0.15) is 0 Å². The van der Waals surface area contributed by atoms with Gasteiger partial charge in [-0.05, 0) is 190 Å². The van der Waals surface area contributed by atoms with Crippen molar-refractivity contribution < 1.29 is 74.3 Å². The van der Waals surface area contributed by atoms with E-state index in [1.165, 1.54) is 85.6 Å². The highest BCUT2D eigenvalue weighted by Crippen LogP contribution is 2.41. The van der Waals surface area contributed by atoms with Crippen LogP contribution in [0.4, 0.5) is 80.3 Å². The second-order valence-corrected chi connectivity index (χ2v) is 30.5. The predicted molar refractivity (Wildman–Crippen MR) is 452 cm³/mol. The standard InChI is InChI=1S/C20H23FN4O3.C19H19FN2O2.C18H16FN3O2.C16H14ClFN2O2.C16H16FN3O2S/c1-2-16-13-25(20(26)28-16)15-4-5-17(18(21)10-15)14-11-22-19(23-12-14)24-6-3-8-27-9-7-24;1-2-15-11-22(19(23)24-15)14-6-7-16(17(20)9-14)13-5-8-18(21-10-13)12-3-4-12;1-2-12-10-22(18(23)24-12)11-3-4-14(16(19)9-11)13-5-7-20-17-15(13)6-8-21-17;1-2-12-9-20(16(21)22-12)11-3-4-13(14(18)8-11)10-5-6-19-15(17)7-10;1-3-12-9-20(16(21)22-12)11-4-5-13(14(17)6-11)10-7-18-15(23-2)19-8-10/h4-5,10-12,16H,2-3,6-9,13H2,1H3;5-10,12,15H,2-4,11H2,1H3;3-9,12H,2,10H2,1H3,(H,20,21);3-8,12H,2,9H2,1H3;4-8,12H,3,9H2,1-2H3. The molecule has 11 aromatic rings. The molecule has 7 fully saturated rings. The van der Waals surface area contributed by atoms with Gasteiger partial charge in [0.1, 0.15) is 70.4 Å². The number of carbonyl (C=O) groups is 5. The molecule has 6 aliphatic heterocycles. The molecule has 7 aliphatic rings. The highest BCUT2D eigenvalue weighted by Gasteiger charge is 2.37. The summed E-state index contributed by atoms with van der Waals surface area (Å²) in [6.45, 7) is 15.0. The van der Waals surface area contributed by atoms with Crippen molar-refractivity contribution in [3.63, 3.8) is 0 Å². The molecule has 121 heavy (non-hydrogen) atoms. The van der Waals surface area contributed by atoms with Crippen LogP contribution in [0.25, 0.3) is 66.7 Å². The second-order valence-electron chi connectivity index (χ2n) is 29.3. The van der Waals surface area contributed by atoms with Gasteiger partial charge in [0.2, 0.25) is 5.95 Å². The van der Waals surface area contributed by atoms with Crippen molar-refractivity contribution in [2.24, 2.45) is 0 Å². The molecule has 1 N–H and O–H groups in total. The number of benzene rings is 5. The molecule has 0 spiro atoms. The largest absolute Gasteiger partial charge is 0.444 e. The van der Waals surface area contributed by atoms with Crippen molar-refractivity contribution in [2.45, 2.75) is 128 Å². The Balaban J connectivity index is 0.000000124. The van der Waals surface area contributed by atoms with Crippen LogP contribution in [-0.2, 0) is 28.4 Å². The van der Waals surface area contributed by atoms with Gasteiger partial charge in [0, 0.05) is 131 Å². The van der Waals surface area contributed by atoms with Crippen LogP contribution in [0.15, 0.2) is 182 Å². The van der Waals surface area contributed by atoms with Crippen LogP contribution in [0.2, 0.25) is 5.15 Å². The second kappa shape index (κ2) is 38.8. The van der Waals surface area contributed by atoms with Gasteiger partial charge in [0.25, 0.3) is 0 Å². The molecule has 5 atom stereocenters. The van der Waals surface area contributed by atoms with Crippen LogP contribution in [0, 0.1) is 29.1 Å². The summed E-state index contributed by atoms with van der Waals surface area (Å²) in [5, 5.41) is 1.79. The van der Waals surface area contributed by atoms with Crippen molar-refractivity contribution in [3.8, 4) is 55.6 Å². The Morgan fingerprint density at radius 3 is 1.19 bits per heavy atom. The monoisotopic (exact) mass is 1690 g/mol. The van der Waals surface area contributed by atoms with Gasteiger partial charge < -0.3 is 38.3 Å². The number of aromatic amines is 1. The Hall–Kier alpha value is -12.4. The third-order valence-electron chi connectivity index (χ3n) is 21.4. The maximum atomic E-state index is 14.7. The van der Waals surface area contributed by atoms with Gasteiger partial charge >= 0.3 is 30.5 Å². The number of H-pyrrole nitrogens is 1. The summed E-state index contributed by atoms with van der Waals surface area (Å²) in [7, 11) is 0. The topological polar surface area (TPSA) is 266 Å². The zero-order valence-electron chi connectivity index (χ0n) is 67.2. The number of rotatable bonds is 18. The van der Waals surface area contributed by atoms with Crippen LogP contribution >= 0.6 is 23.4 Å². The predicted octanol–water partition coefficient (Wildman–Crippen LogP) is 19.9. The SMILES string of the molecule is CCC1CN(c2ccc(-c3ccc(C4CC4)nc3)c(F)c2)C(=O)O1.CCC1CN(c2ccc(-c3ccnc(Cl)c3)c(F)c2)C(=O)O1.CCC1CN(c2ccc(-c3ccnc4[nH]ccc34)c(F)c2)C(=O)O1.CCC1CN(c2ccc(-c3cnc(N4CCCOCC4)nc3)c(F)c2)C(=O)O1.CCC1CN(c2ccc(-c3cnc(SC)nc3)c(F)c2)C(=O)O1. The summed E-state index contributed by atoms with van der Waals surface area (Å²) in [4.78, 5) is 101. The fourth-order valence-electron chi connectivity index (χ4n) is 14.3. The van der Waals surface area contributed by atoms with Crippen LogP contribution in [0.5, 0.6) is 0 Å². The van der Waals surface area contributed by atoms with Crippen molar-refractivity contribution in [1.82, 2.24) is 39.9 Å². The Kier molecular flexibility index (Phi) is 27.3. The molecular formula is C89H88ClF5N14O11S. The lowest BCUT2D eigenvalue weighted by atomic mass is 10.0. The highest BCUT2D eigenvalue weighted by atomic mass is 35.5. The molecule has 628 valence electrons. The molecule has 12 heterocycles. The Bertz CT molecular complexity index is 5540. The van der Waals surface area contributed by atoms with Crippen molar-refractivity contribution in [2.75, 3.05) is 94.7 Å². The van der Waals surface area contributed by atoms with Crippen LogP contribution in [-0.4, -0.2) is 166 Å². The molecule has 0 bridgehead atoms. The van der Waals surface area contributed by atoms with Crippen LogP contribution in [0.1, 0.15) is 97.6 Å². The summed E-state index contributed by atoms with van der Waals surface area (Å²) in [5.41, 5.74) is 9.83. The molecule has 25 nitrogen and oxygen atoms in total. The first-order valence-electron chi connectivity index (χ1n) is 40.1. The molecule has 5 amide bonds. The molecular weight excluding hydrogens is 1600 g/mol. The van der Waals surface area contributed by atoms with Gasteiger partial charge in [0.15, 0.2) is 5.16 Å². The maximum Gasteiger partial charge on any atom is 0.414 e. The molecule has 6 aromatic heterocycles. The molecule has 6 saturated heterocycles. The smallest absolute Gasteiger partial charge is 0.414 e. The number of hydrogen-bond donors (Lipinski definition) is 1. The molecule has 32 heteroatoms. The van der Waals surface area contributed by atoms with Crippen molar-refractivity contribution >= 4 is 99.2 Å². The van der Waals surface area contributed by atoms with Crippen molar-refractivity contribution in [1.29, 1.82) is 0 Å². The van der Waals surface area contributed by atoms with Crippen LogP contribution in [0.3, 0.4) is 0 Å². The Morgan fingerprint density at radius 2 is 0.810 bits per heavy atom. The third-order valence-corrected chi connectivity index (χ3v) is 22.2. The van der Waals surface area contributed by atoms with E-state index >= 15 is 0 Å². The number of nitrogens with zero attached hydrogens (tertiary/aromatic N) is 13. The summed E-state index contributed by atoms with van der Waals surface area (Å²) in [5.74, 6) is -0.807. The highest BCUT2D eigenvalue weighted by molar-refractivity contribution is 7.98. The van der Waals surface area contributed by atoms with Crippen LogP contribution < -0.4 is 29.4 Å². The minimum Gasteiger partial charge on any atom is -0.444 e. The van der Waals surface area contributed by atoms with Gasteiger partial charge in [-0.15, -0.1) is 0 Å². The van der Waals surface area contributed by atoms with E-state index in [1.54, 1.807) is 122 Å². The number of hydrogen-bond acceptors (Lipinski definition) is 20. The van der Waals surface area contributed by atoms with E-state index in [4.69, 9.17) is 40.0 Å². The van der Waals surface area contributed by atoms with Gasteiger partial charge in [-0.25, -0.2) is 75.8 Å². The van der Waals surface area contributed by atoms with E-state index in [9.17, 15) is 45.9 Å². The minimum absolute atomic E-state index is 0.126. The number of pyridine rings is 3. The van der Waals surface area contributed by atoms with E-state index in [0.717, 1.165) is 80.4 Å².